The molecule has 0 heterocycles. The third kappa shape index (κ3) is 7.41. The maximum Gasteiger partial charge on any atom is 0.338 e. The minimum absolute atomic E-state index is 0.153. The maximum absolute atomic E-state index is 12.5. The summed E-state index contributed by atoms with van der Waals surface area (Å²) in [6.45, 7) is 10.4. The summed E-state index contributed by atoms with van der Waals surface area (Å²) >= 11 is 0. The molecule has 0 aliphatic carbocycles. The van der Waals surface area contributed by atoms with Crippen LogP contribution in [0.4, 0.5) is 0 Å². The second-order valence-corrected chi connectivity index (χ2v) is 8.26. The summed E-state index contributed by atoms with van der Waals surface area (Å²) < 4.78 is 21.2. The van der Waals surface area contributed by atoms with Gasteiger partial charge in [0.2, 0.25) is 0 Å². The van der Waals surface area contributed by atoms with Gasteiger partial charge in [-0.15, -0.1) is 0 Å². The number of hydrogen-bond acceptors (Lipinski definition) is 7. The molecule has 3 aromatic rings. The van der Waals surface area contributed by atoms with Crippen molar-refractivity contribution in [3.63, 3.8) is 0 Å². The number of hydrogen-bond donors (Lipinski definition) is 0. The molecule has 0 aromatic heterocycles. The fourth-order valence-corrected chi connectivity index (χ4v) is 3.37. The monoisotopic (exact) mass is 500 g/mol. The first kappa shape index (κ1) is 26.9. The molecule has 3 aromatic carbocycles. The first-order chi connectivity index (χ1) is 17.7. The second kappa shape index (κ2) is 12.4. The predicted octanol–water partition coefficient (Wildman–Crippen LogP) is 5.78. The van der Waals surface area contributed by atoms with Crippen LogP contribution in [0.3, 0.4) is 0 Å². The molecule has 0 aliphatic rings. The van der Waals surface area contributed by atoms with Gasteiger partial charge in [0.25, 0.3) is 0 Å². The minimum atomic E-state index is -0.586. The zero-order valence-corrected chi connectivity index (χ0v) is 21.0. The number of rotatable bonds is 10. The third-order valence-corrected chi connectivity index (χ3v) is 5.37. The molecule has 3 rings (SSSR count). The van der Waals surface area contributed by atoms with E-state index in [2.05, 4.69) is 13.2 Å². The molecule has 0 atom stereocenters. The molecule has 0 radical (unpaired) electrons. The van der Waals surface area contributed by atoms with Crippen LogP contribution in [0.1, 0.15) is 24.5 Å². The van der Waals surface area contributed by atoms with Crippen LogP contribution in [0.25, 0.3) is 11.1 Å². The molecular weight excluding hydrogens is 472 g/mol. The molecule has 0 amide bonds. The van der Waals surface area contributed by atoms with Crippen molar-refractivity contribution in [3.05, 3.63) is 96.6 Å². The maximum atomic E-state index is 12.5. The van der Waals surface area contributed by atoms with E-state index in [4.69, 9.17) is 18.9 Å². The van der Waals surface area contributed by atoms with Gasteiger partial charge in [0.1, 0.15) is 11.5 Å². The van der Waals surface area contributed by atoms with Crippen molar-refractivity contribution >= 4 is 17.9 Å². The van der Waals surface area contributed by atoms with Crippen LogP contribution >= 0.6 is 0 Å². The highest BCUT2D eigenvalue weighted by molar-refractivity contribution is 5.88. The van der Waals surface area contributed by atoms with Crippen LogP contribution in [-0.2, 0) is 20.8 Å². The zero-order chi connectivity index (χ0) is 26.9. The van der Waals surface area contributed by atoms with Crippen LogP contribution in [0.2, 0.25) is 0 Å². The van der Waals surface area contributed by atoms with Gasteiger partial charge in [-0.3, -0.25) is 4.79 Å². The lowest BCUT2D eigenvalue weighted by molar-refractivity contribution is -0.134. The van der Waals surface area contributed by atoms with Crippen LogP contribution in [-0.4, -0.2) is 25.0 Å². The number of ether oxygens (including phenoxy) is 4. The SMILES string of the molecule is C=CC(=O)Oc1ccc(CCC(=O)Oc2ccc(-c3ccc(OC(=O)C(=C)C)cc3)cc2C)cc1OC. The molecule has 0 spiro atoms. The largest absolute Gasteiger partial charge is 0.493 e. The number of methoxy groups -OCH3 is 1. The Morgan fingerprint density at radius 2 is 1.51 bits per heavy atom. The Bertz CT molecular complexity index is 1340. The quantitative estimate of drug-likeness (QED) is 0.198. The summed E-state index contributed by atoms with van der Waals surface area (Å²) in [5, 5.41) is 0. The van der Waals surface area contributed by atoms with E-state index in [1.165, 1.54) is 7.11 Å². The van der Waals surface area contributed by atoms with E-state index in [0.29, 0.717) is 29.2 Å². The van der Waals surface area contributed by atoms with Gasteiger partial charge < -0.3 is 18.9 Å². The van der Waals surface area contributed by atoms with Gasteiger partial charge in [0.05, 0.1) is 7.11 Å². The Labute approximate surface area is 215 Å². The second-order valence-electron chi connectivity index (χ2n) is 8.26. The Morgan fingerprint density at radius 1 is 0.838 bits per heavy atom. The van der Waals surface area contributed by atoms with Crippen molar-refractivity contribution in [3.8, 4) is 34.1 Å². The summed E-state index contributed by atoms with van der Waals surface area (Å²) in [6.07, 6.45) is 1.64. The fourth-order valence-electron chi connectivity index (χ4n) is 3.37. The Balaban J connectivity index is 1.60. The molecule has 0 saturated carbocycles. The average Bonchev–Trinajstić information content (AvgIpc) is 2.89. The van der Waals surface area contributed by atoms with E-state index in [-0.39, 0.29) is 18.1 Å². The van der Waals surface area contributed by atoms with Crippen molar-refractivity contribution in [2.75, 3.05) is 7.11 Å². The van der Waals surface area contributed by atoms with Crippen molar-refractivity contribution in [2.45, 2.75) is 26.7 Å². The topological polar surface area (TPSA) is 88.1 Å². The number of carbonyl (C=O) groups excluding carboxylic acids is 3. The van der Waals surface area contributed by atoms with Crippen molar-refractivity contribution in [1.82, 2.24) is 0 Å². The zero-order valence-electron chi connectivity index (χ0n) is 21.0. The summed E-state index contributed by atoms with van der Waals surface area (Å²) in [7, 11) is 1.47. The van der Waals surface area contributed by atoms with Gasteiger partial charge in [-0.25, -0.2) is 9.59 Å². The lowest BCUT2D eigenvalue weighted by atomic mass is 10.0. The molecule has 7 heteroatoms. The van der Waals surface area contributed by atoms with E-state index in [9.17, 15) is 14.4 Å². The van der Waals surface area contributed by atoms with Crippen LogP contribution in [0.5, 0.6) is 23.0 Å². The van der Waals surface area contributed by atoms with Gasteiger partial charge in [-0.1, -0.05) is 37.4 Å². The molecule has 0 aliphatic heterocycles. The Hall–Kier alpha value is -4.65. The highest BCUT2D eigenvalue weighted by atomic mass is 16.6. The van der Waals surface area contributed by atoms with E-state index in [0.717, 1.165) is 28.3 Å². The average molecular weight is 501 g/mol. The van der Waals surface area contributed by atoms with Crippen LogP contribution in [0.15, 0.2) is 85.5 Å². The summed E-state index contributed by atoms with van der Waals surface area (Å²) in [6, 6.07) is 17.7. The summed E-state index contributed by atoms with van der Waals surface area (Å²) in [4.78, 5) is 35.6. The van der Waals surface area contributed by atoms with Crippen molar-refractivity contribution in [1.29, 1.82) is 0 Å². The first-order valence-corrected chi connectivity index (χ1v) is 11.5. The van der Waals surface area contributed by atoms with Gasteiger partial charge in [-0.2, -0.15) is 0 Å². The highest BCUT2D eigenvalue weighted by Gasteiger charge is 2.13. The number of benzene rings is 3. The van der Waals surface area contributed by atoms with Gasteiger partial charge in [0, 0.05) is 18.1 Å². The van der Waals surface area contributed by atoms with E-state index < -0.39 is 11.9 Å². The molecule has 0 bridgehead atoms. The normalized spacial score (nSPS) is 10.2. The van der Waals surface area contributed by atoms with Gasteiger partial charge >= 0.3 is 17.9 Å². The smallest absolute Gasteiger partial charge is 0.338 e. The van der Waals surface area contributed by atoms with Crippen LogP contribution < -0.4 is 18.9 Å². The summed E-state index contributed by atoms with van der Waals surface area (Å²) in [5.74, 6) is 0.137. The molecule has 0 fully saturated rings. The highest BCUT2D eigenvalue weighted by Crippen LogP contribution is 2.30. The third-order valence-electron chi connectivity index (χ3n) is 5.37. The van der Waals surface area contributed by atoms with E-state index in [1.54, 1.807) is 43.3 Å². The van der Waals surface area contributed by atoms with Crippen molar-refractivity contribution in [2.24, 2.45) is 0 Å². The standard InChI is InChI=1S/C30H28O7/c1-6-28(31)37-26-14-7-21(18-27(26)34-5)8-16-29(32)36-25-15-11-23(17-20(25)4)22-9-12-24(13-10-22)35-30(33)19(2)3/h6-7,9-15,17-18H,1-2,8,16H2,3-5H3. The minimum Gasteiger partial charge on any atom is -0.493 e. The Kier molecular flexibility index (Phi) is 9.00. The van der Waals surface area contributed by atoms with Gasteiger partial charge in [0.15, 0.2) is 11.5 Å². The molecule has 0 unspecified atom stereocenters. The summed E-state index contributed by atoms with van der Waals surface area (Å²) in [5.41, 5.74) is 3.82. The molecule has 7 nitrogen and oxygen atoms in total. The number of esters is 3. The fraction of sp³-hybridized carbons (Fsp3) is 0.167. The molecule has 0 saturated heterocycles. The van der Waals surface area contributed by atoms with Crippen LogP contribution in [0, 0.1) is 6.92 Å². The lowest BCUT2D eigenvalue weighted by Crippen LogP contribution is -2.10. The van der Waals surface area contributed by atoms with E-state index in [1.807, 2.05) is 31.2 Å². The first-order valence-electron chi connectivity index (χ1n) is 11.5. The molecular formula is C30H28O7. The van der Waals surface area contributed by atoms with E-state index >= 15 is 0 Å². The molecule has 190 valence electrons. The molecule has 37 heavy (non-hydrogen) atoms. The number of aryl methyl sites for hydroxylation is 2. The van der Waals surface area contributed by atoms with Gasteiger partial charge in [-0.05, 0) is 78.9 Å². The number of carbonyl (C=O) groups is 3. The molecule has 0 N–H and O–H groups in total. The van der Waals surface area contributed by atoms with Crippen molar-refractivity contribution < 1.29 is 33.3 Å². The Morgan fingerprint density at radius 3 is 2.14 bits per heavy atom. The predicted molar refractivity (Wildman–Crippen MR) is 140 cm³/mol. The lowest BCUT2D eigenvalue weighted by Gasteiger charge is -2.11.